The molecular formula is C27H30N5O4+. The van der Waals surface area contributed by atoms with Crippen molar-refractivity contribution in [3.63, 3.8) is 0 Å². The molecule has 3 heterocycles. The van der Waals surface area contributed by atoms with Crippen molar-refractivity contribution in [2.24, 2.45) is 5.92 Å². The summed E-state index contributed by atoms with van der Waals surface area (Å²) in [5.74, 6) is 0.646. The zero-order valence-corrected chi connectivity index (χ0v) is 20.6. The number of para-hydroxylation sites is 2. The molecule has 1 fully saturated rings. The van der Waals surface area contributed by atoms with Crippen molar-refractivity contribution in [3.8, 4) is 17.6 Å². The molecule has 2 aromatic carbocycles. The van der Waals surface area contributed by atoms with Gasteiger partial charge < -0.3 is 24.0 Å². The highest BCUT2D eigenvalue weighted by Gasteiger charge is 2.32. The molecule has 9 nitrogen and oxygen atoms in total. The summed E-state index contributed by atoms with van der Waals surface area (Å²) in [6.07, 6.45) is 0. The van der Waals surface area contributed by atoms with Crippen LogP contribution in [0.1, 0.15) is 31.0 Å². The first kappa shape index (κ1) is 23.8. The lowest BCUT2D eigenvalue weighted by molar-refractivity contribution is -0.914. The summed E-state index contributed by atoms with van der Waals surface area (Å²) in [5.41, 5.74) is 2.95. The molecule has 3 aromatic rings. The highest BCUT2D eigenvalue weighted by Crippen LogP contribution is 2.32. The van der Waals surface area contributed by atoms with Crippen molar-refractivity contribution in [2.45, 2.75) is 26.3 Å². The minimum Gasteiger partial charge on any atom is -0.464 e. The molecule has 1 N–H and O–H groups in total. The van der Waals surface area contributed by atoms with Gasteiger partial charge in [0.05, 0.1) is 49.9 Å². The second kappa shape index (κ2) is 10.4. The predicted octanol–water partition coefficient (Wildman–Crippen LogP) is 2.07. The summed E-state index contributed by atoms with van der Waals surface area (Å²) in [5, 5.41) is 9.92. The third-order valence-corrected chi connectivity index (χ3v) is 6.44. The number of rotatable bonds is 7. The van der Waals surface area contributed by atoms with E-state index >= 15 is 0 Å². The molecule has 2 aliphatic heterocycles. The van der Waals surface area contributed by atoms with Crippen LogP contribution >= 0.6 is 0 Å². The average Bonchev–Trinajstić information content (AvgIpc) is 3.36. The van der Waals surface area contributed by atoms with Crippen LogP contribution in [0.4, 0.5) is 5.82 Å². The van der Waals surface area contributed by atoms with Crippen molar-refractivity contribution < 1.29 is 23.9 Å². The van der Waals surface area contributed by atoms with Crippen LogP contribution in [0.15, 0.2) is 42.5 Å². The zero-order chi connectivity index (χ0) is 25.1. The topological polar surface area (TPSA) is 102 Å². The van der Waals surface area contributed by atoms with Crippen LogP contribution in [-0.4, -0.2) is 55.5 Å². The van der Waals surface area contributed by atoms with E-state index in [2.05, 4.69) is 23.1 Å². The predicted molar refractivity (Wildman–Crippen MR) is 133 cm³/mol. The number of ether oxygens (including phenoxy) is 3. The van der Waals surface area contributed by atoms with E-state index in [1.807, 2.05) is 44.2 Å². The SMILES string of the molecule is CC(C)COC(=O)[C@H](C#N)c1nc2ccccc2nc1N1CC[NH+](Cc2ccc3c(c2)OCO3)CC1. The first-order chi connectivity index (χ1) is 17.5. The normalized spacial score (nSPS) is 16.2. The van der Waals surface area contributed by atoms with Crippen LogP contribution in [0, 0.1) is 17.2 Å². The van der Waals surface area contributed by atoms with Crippen LogP contribution in [0.25, 0.3) is 11.0 Å². The molecule has 0 amide bonds. The van der Waals surface area contributed by atoms with Gasteiger partial charge in [0.2, 0.25) is 6.79 Å². The van der Waals surface area contributed by atoms with Crippen molar-refractivity contribution in [2.75, 3.05) is 44.5 Å². The van der Waals surface area contributed by atoms with Gasteiger partial charge in [0, 0.05) is 5.56 Å². The van der Waals surface area contributed by atoms with Gasteiger partial charge in [-0.15, -0.1) is 0 Å². The molecular weight excluding hydrogens is 458 g/mol. The van der Waals surface area contributed by atoms with Gasteiger partial charge in [-0.2, -0.15) is 5.26 Å². The van der Waals surface area contributed by atoms with E-state index in [9.17, 15) is 10.1 Å². The van der Waals surface area contributed by atoms with Gasteiger partial charge in [0.1, 0.15) is 12.2 Å². The number of fused-ring (bicyclic) bond motifs is 2. The van der Waals surface area contributed by atoms with Gasteiger partial charge in [-0.05, 0) is 36.2 Å². The molecule has 36 heavy (non-hydrogen) atoms. The van der Waals surface area contributed by atoms with Gasteiger partial charge >= 0.3 is 5.97 Å². The number of carbonyl (C=O) groups excluding carboxylic acids is 1. The highest BCUT2D eigenvalue weighted by atomic mass is 16.7. The molecule has 1 saturated heterocycles. The second-order valence-corrected chi connectivity index (χ2v) is 9.61. The van der Waals surface area contributed by atoms with E-state index in [0.29, 0.717) is 17.0 Å². The number of nitrogens with zero attached hydrogens (tertiary/aromatic N) is 4. The number of nitriles is 1. The van der Waals surface area contributed by atoms with E-state index < -0.39 is 11.9 Å². The lowest BCUT2D eigenvalue weighted by Gasteiger charge is -2.34. The van der Waals surface area contributed by atoms with Crippen molar-refractivity contribution in [1.82, 2.24) is 9.97 Å². The summed E-state index contributed by atoms with van der Waals surface area (Å²) in [7, 11) is 0. The fourth-order valence-corrected chi connectivity index (χ4v) is 4.54. The quantitative estimate of drug-likeness (QED) is 0.505. The molecule has 1 atom stereocenters. The summed E-state index contributed by atoms with van der Waals surface area (Å²) in [4.78, 5) is 26.0. The monoisotopic (exact) mass is 488 g/mol. The molecule has 0 radical (unpaired) electrons. The van der Waals surface area contributed by atoms with E-state index in [1.54, 1.807) is 0 Å². The van der Waals surface area contributed by atoms with Crippen LogP contribution in [0.2, 0.25) is 0 Å². The van der Waals surface area contributed by atoms with Crippen LogP contribution in [0.3, 0.4) is 0 Å². The fraction of sp³-hybridized carbons (Fsp3) is 0.407. The Morgan fingerprint density at radius 3 is 2.56 bits per heavy atom. The maximum absolute atomic E-state index is 12.8. The van der Waals surface area contributed by atoms with Gasteiger partial charge in [-0.1, -0.05) is 26.0 Å². The van der Waals surface area contributed by atoms with E-state index in [4.69, 9.17) is 24.2 Å². The average molecular weight is 489 g/mol. The number of nitrogens with one attached hydrogen (secondary N) is 1. The van der Waals surface area contributed by atoms with Crippen LogP contribution in [0.5, 0.6) is 11.5 Å². The Labute approximate surface area is 210 Å². The number of esters is 1. The Morgan fingerprint density at radius 2 is 1.83 bits per heavy atom. The van der Waals surface area contributed by atoms with Crippen molar-refractivity contribution >= 4 is 22.8 Å². The number of carbonyl (C=O) groups is 1. The van der Waals surface area contributed by atoms with E-state index in [-0.39, 0.29) is 19.3 Å². The summed E-state index contributed by atoms with van der Waals surface area (Å²) < 4.78 is 16.3. The number of piperazine rings is 1. The minimum absolute atomic E-state index is 0.177. The molecule has 0 aliphatic carbocycles. The lowest BCUT2D eigenvalue weighted by Crippen LogP contribution is -3.13. The third kappa shape index (κ3) is 5.04. The number of hydrogen-bond donors (Lipinski definition) is 1. The molecule has 9 heteroatoms. The van der Waals surface area contributed by atoms with Gasteiger partial charge in [0.15, 0.2) is 23.2 Å². The largest absolute Gasteiger partial charge is 0.464 e. The molecule has 0 saturated carbocycles. The molecule has 186 valence electrons. The summed E-state index contributed by atoms with van der Waals surface area (Å²) >= 11 is 0. The molecule has 2 aliphatic rings. The highest BCUT2D eigenvalue weighted by molar-refractivity contribution is 5.85. The smallest absolute Gasteiger partial charge is 0.329 e. The van der Waals surface area contributed by atoms with E-state index in [1.165, 1.54) is 10.5 Å². The minimum atomic E-state index is -1.13. The Balaban J connectivity index is 1.35. The molecule has 0 unspecified atom stereocenters. The Kier molecular flexibility index (Phi) is 6.87. The number of benzene rings is 2. The molecule has 0 spiro atoms. The number of quaternary nitrogens is 1. The number of aromatic nitrogens is 2. The molecule has 5 rings (SSSR count). The summed E-state index contributed by atoms with van der Waals surface area (Å²) in [6, 6.07) is 15.7. The number of hydrogen-bond acceptors (Lipinski definition) is 8. The lowest BCUT2D eigenvalue weighted by atomic mass is 10.1. The molecule has 0 bridgehead atoms. The van der Waals surface area contributed by atoms with Crippen LogP contribution in [-0.2, 0) is 16.1 Å². The Bertz CT molecular complexity index is 1300. The Morgan fingerprint density at radius 1 is 1.11 bits per heavy atom. The van der Waals surface area contributed by atoms with Crippen molar-refractivity contribution in [1.29, 1.82) is 5.26 Å². The standard InChI is InChI=1S/C27H29N5O4/c1-18(2)16-34-27(33)20(14-28)25-26(30-22-6-4-3-5-21(22)29-25)32-11-9-31(10-12-32)15-19-7-8-23-24(13-19)36-17-35-23/h3-8,13,18,20H,9-12,15-17H2,1-2H3/p+1/t20-/m1/s1. The first-order valence-corrected chi connectivity index (χ1v) is 12.3. The zero-order valence-electron chi connectivity index (χ0n) is 20.6. The van der Waals surface area contributed by atoms with Crippen LogP contribution < -0.4 is 19.3 Å². The van der Waals surface area contributed by atoms with E-state index in [0.717, 1.165) is 49.7 Å². The summed E-state index contributed by atoms with van der Waals surface area (Å²) in [6.45, 7) is 8.57. The first-order valence-electron chi connectivity index (χ1n) is 12.3. The van der Waals surface area contributed by atoms with Crippen molar-refractivity contribution in [3.05, 3.63) is 53.7 Å². The second-order valence-electron chi connectivity index (χ2n) is 9.61. The maximum Gasteiger partial charge on any atom is 0.329 e. The van der Waals surface area contributed by atoms with Gasteiger partial charge in [-0.25, -0.2) is 9.97 Å². The fourth-order valence-electron chi connectivity index (χ4n) is 4.54. The Hall–Kier alpha value is -3.90. The number of anilines is 1. The van der Waals surface area contributed by atoms with Gasteiger partial charge in [0.25, 0.3) is 0 Å². The maximum atomic E-state index is 12.8. The molecule has 1 aromatic heterocycles. The van der Waals surface area contributed by atoms with Gasteiger partial charge in [-0.3, -0.25) is 4.79 Å². The third-order valence-electron chi connectivity index (χ3n) is 6.44.